The van der Waals surface area contributed by atoms with Crippen LogP contribution in [0.2, 0.25) is 0 Å². The highest BCUT2D eigenvalue weighted by Crippen LogP contribution is 2.04. The Balaban J connectivity index is 2.85. The Morgan fingerprint density at radius 3 is 2.80 bits per heavy atom. The Morgan fingerprint density at radius 1 is 1.60 bits per heavy atom. The molecule has 1 aromatic rings. The zero-order valence-electron chi connectivity index (χ0n) is 9.52. The zero-order valence-corrected chi connectivity index (χ0v) is 9.52. The van der Waals surface area contributed by atoms with Crippen LogP contribution in [0.4, 0.5) is 0 Å². The quantitative estimate of drug-likeness (QED) is 0.758. The van der Waals surface area contributed by atoms with Crippen molar-refractivity contribution < 1.29 is 9.63 Å². The van der Waals surface area contributed by atoms with E-state index in [1.807, 2.05) is 19.9 Å². The summed E-state index contributed by atoms with van der Waals surface area (Å²) in [4.78, 5) is 16.6. The van der Waals surface area contributed by atoms with Gasteiger partial charge in [0.1, 0.15) is 5.69 Å². The van der Waals surface area contributed by atoms with E-state index in [-0.39, 0.29) is 11.9 Å². The van der Waals surface area contributed by atoms with E-state index in [1.165, 1.54) is 12.2 Å². The zero-order chi connectivity index (χ0) is 11.4. The predicted molar refractivity (Wildman–Crippen MR) is 58.0 cm³/mol. The van der Waals surface area contributed by atoms with Gasteiger partial charge in [0.25, 0.3) is 5.91 Å². The van der Waals surface area contributed by atoms with Crippen LogP contribution in [0, 0.1) is 0 Å². The summed E-state index contributed by atoms with van der Waals surface area (Å²) in [5, 5.41) is 1.19. The van der Waals surface area contributed by atoms with Gasteiger partial charge < -0.3 is 5.43 Å². The highest BCUT2D eigenvalue weighted by molar-refractivity contribution is 5.91. The maximum absolute atomic E-state index is 11.8. The van der Waals surface area contributed by atoms with Crippen molar-refractivity contribution in [2.24, 2.45) is 0 Å². The molecule has 0 fully saturated rings. The summed E-state index contributed by atoms with van der Waals surface area (Å²) in [6.45, 7) is 4.02. The van der Waals surface area contributed by atoms with E-state index in [9.17, 15) is 4.79 Å². The Kier molecular flexibility index (Phi) is 3.74. The Labute approximate surface area is 89.5 Å². The molecule has 1 amide bonds. The average molecular weight is 211 g/mol. The maximum atomic E-state index is 11.8. The normalized spacial score (nSPS) is 10.5. The van der Waals surface area contributed by atoms with E-state index >= 15 is 0 Å². The third-order valence-electron chi connectivity index (χ3n) is 1.93. The van der Waals surface area contributed by atoms with Crippen LogP contribution in [0.3, 0.4) is 0 Å². The van der Waals surface area contributed by atoms with Gasteiger partial charge in [0.2, 0.25) is 0 Å². The number of carbonyl (C=O) groups excluding carboxylic acids is 1. The van der Waals surface area contributed by atoms with Gasteiger partial charge in [-0.25, -0.2) is 5.06 Å². The van der Waals surface area contributed by atoms with Crippen molar-refractivity contribution in [2.75, 3.05) is 19.6 Å². The van der Waals surface area contributed by atoms with Crippen LogP contribution < -0.4 is 5.43 Å². The van der Waals surface area contributed by atoms with Crippen LogP contribution in [0.25, 0.3) is 0 Å². The molecule has 0 saturated heterocycles. The van der Waals surface area contributed by atoms with Crippen molar-refractivity contribution in [3.05, 3.63) is 24.0 Å². The first kappa shape index (κ1) is 11.6. The molecule has 15 heavy (non-hydrogen) atoms. The molecule has 0 bridgehead atoms. The van der Waals surface area contributed by atoms with E-state index in [0.717, 1.165) is 0 Å². The Hall–Kier alpha value is -1.49. The number of carbonyl (C=O) groups is 1. The van der Waals surface area contributed by atoms with E-state index in [1.54, 1.807) is 24.0 Å². The third kappa shape index (κ3) is 2.73. The fourth-order valence-electron chi connectivity index (χ4n) is 1.19. The fourth-order valence-corrected chi connectivity index (χ4v) is 1.19. The second-order valence-corrected chi connectivity index (χ2v) is 3.53. The molecular formula is C10H17N3O2. The lowest BCUT2D eigenvalue weighted by molar-refractivity contribution is -0.0762. The molecule has 5 nitrogen and oxygen atoms in total. The van der Waals surface area contributed by atoms with Crippen LogP contribution in [0.1, 0.15) is 24.3 Å². The molecule has 0 atom stereocenters. The SMILES string of the molecule is CON(C)C(=O)c1cccn1NC(C)C. The van der Waals surface area contributed by atoms with Crippen molar-refractivity contribution in [1.29, 1.82) is 0 Å². The van der Waals surface area contributed by atoms with Crippen LogP contribution in [0.15, 0.2) is 18.3 Å². The number of hydroxylamine groups is 2. The molecule has 5 heteroatoms. The number of hydrogen-bond donors (Lipinski definition) is 1. The summed E-state index contributed by atoms with van der Waals surface area (Å²) >= 11 is 0. The van der Waals surface area contributed by atoms with Gasteiger partial charge in [0.05, 0.1) is 7.11 Å². The molecule has 1 rings (SSSR count). The molecule has 0 spiro atoms. The van der Waals surface area contributed by atoms with Crippen LogP contribution >= 0.6 is 0 Å². The van der Waals surface area contributed by atoms with Gasteiger partial charge in [-0.15, -0.1) is 0 Å². The van der Waals surface area contributed by atoms with E-state index < -0.39 is 0 Å². The highest BCUT2D eigenvalue weighted by Gasteiger charge is 2.15. The van der Waals surface area contributed by atoms with E-state index in [4.69, 9.17) is 4.84 Å². The molecule has 0 radical (unpaired) electrons. The Bertz CT molecular complexity index is 333. The number of aromatic nitrogens is 1. The lowest BCUT2D eigenvalue weighted by atomic mass is 10.4. The fraction of sp³-hybridized carbons (Fsp3) is 0.500. The molecule has 0 aromatic carbocycles. The van der Waals surface area contributed by atoms with Crippen LogP contribution in [-0.4, -0.2) is 35.8 Å². The first-order chi connectivity index (χ1) is 7.06. The molecule has 0 unspecified atom stereocenters. The van der Waals surface area contributed by atoms with Crippen LogP contribution in [-0.2, 0) is 4.84 Å². The standard InChI is InChI=1S/C10H17N3O2/c1-8(2)11-13-7-5-6-9(13)10(14)12(3)15-4/h5-8,11H,1-4H3. The van der Waals surface area contributed by atoms with Crippen molar-refractivity contribution in [3.63, 3.8) is 0 Å². The molecule has 0 aliphatic carbocycles. The molecule has 84 valence electrons. The molecule has 0 aliphatic rings. The second kappa shape index (κ2) is 4.84. The first-order valence-electron chi connectivity index (χ1n) is 4.82. The van der Waals surface area contributed by atoms with Crippen molar-refractivity contribution in [3.8, 4) is 0 Å². The topological polar surface area (TPSA) is 46.5 Å². The van der Waals surface area contributed by atoms with Gasteiger partial charge >= 0.3 is 0 Å². The monoisotopic (exact) mass is 211 g/mol. The largest absolute Gasteiger partial charge is 0.323 e. The lowest BCUT2D eigenvalue weighted by Gasteiger charge is -2.18. The van der Waals surface area contributed by atoms with Gasteiger partial charge in [-0.1, -0.05) is 0 Å². The van der Waals surface area contributed by atoms with Crippen molar-refractivity contribution in [2.45, 2.75) is 19.9 Å². The van der Waals surface area contributed by atoms with E-state index in [0.29, 0.717) is 5.69 Å². The molecule has 1 aromatic heterocycles. The number of amides is 1. The minimum atomic E-state index is -0.185. The van der Waals surface area contributed by atoms with Gasteiger partial charge in [0, 0.05) is 19.3 Å². The summed E-state index contributed by atoms with van der Waals surface area (Å²) in [5.41, 5.74) is 3.68. The number of nitrogens with one attached hydrogen (secondary N) is 1. The molecular weight excluding hydrogens is 194 g/mol. The number of hydrogen-bond acceptors (Lipinski definition) is 3. The summed E-state index contributed by atoms with van der Waals surface area (Å²) in [6.07, 6.45) is 1.80. The summed E-state index contributed by atoms with van der Waals surface area (Å²) in [7, 11) is 3.04. The van der Waals surface area contributed by atoms with Gasteiger partial charge in [-0.3, -0.25) is 14.3 Å². The Morgan fingerprint density at radius 2 is 2.27 bits per heavy atom. The number of rotatable bonds is 4. The first-order valence-corrected chi connectivity index (χ1v) is 4.82. The number of nitrogens with zero attached hydrogens (tertiary/aromatic N) is 2. The summed E-state index contributed by atoms with van der Waals surface area (Å²) < 4.78 is 1.70. The summed E-state index contributed by atoms with van der Waals surface area (Å²) in [5.74, 6) is -0.185. The van der Waals surface area contributed by atoms with Crippen molar-refractivity contribution >= 4 is 5.91 Å². The summed E-state index contributed by atoms with van der Waals surface area (Å²) in [6, 6.07) is 3.82. The lowest BCUT2D eigenvalue weighted by Crippen LogP contribution is -2.31. The van der Waals surface area contributed by atoms with Crippen molar-refractivity contribution in [1.82, 2.24) is 9.74 Å². The van der Waals surface area contributed by atoms with Gasteiger partial charge in [-0.05, 0) is 26.0 Å². The smallest absolute Gasteiger partial charge is 0.295 e. The molecule has 0 aliphatic heterocycles. The third-order valence-corrected chi connectivity index (χ3v) is 1.93. The molecule has 1 heterocycles. The highest BCUT2D eigenvalue weighted by atomic mass is 16.7. The van der Waals surface area contributed by atoms with Gasteiger partial charge in [-0.2, -0.15) is 0 Å². The van der Waals surface area contributed by atoms with Gasteiger partial charge in [0.15, 0.2) is 0 Å². The average Bonchev–Trinajstić information content (AvgIpc) is 2.62. The molecule has 1 N–H and O–H groups in total. The van der Waals surface area contributed by atoms with Crippen LogP contribution in [0.5, 0.6) is 0 Å². The predicted octanol–water partition coefficient (Wildman–Crippen LogP) is 1.07. The second-order valence-electron chi connectivity index (χ2n) is 3.53. The minimum absolute atomic E-state index is 0.185. The van der Waals surface area contributed by atoms with E-state index in [2.05, 4.69) is 5.43 Å². The maximum Gasteiger partial charge on any atom is 0.295 e. The molecule has 0 saturated carbocycles. The minimum Gasteiger partial charge on any atom is -0.323 e.